The van der Waals surface area contributed by atoms with Crippen LogP contribution in [-0.4, -0.2) is 27.5 Å². The average molecular weight is 273 g/mol. The number of halogens is 1. The maximum Gasteiger partial charge on any atom is 0.253 e. The molecular weight excluding hydrogens is 261 g/mol. The van der Waals surface area contributed by atoms with Crippen molar-refractivity contribution in [2.45, 2.75) is 19.3 Å². The number of rotatable bonds is 0. The third-order valence-corrected chi connectivity index (χ3v) is 4.04. The Hall–Kier alpha value is -2.37. The van der Waals surface area contributed by atoms with Crippen molar-refractivity contribution >= 4 is 5.91 Å². The molecule has 0 saturated heterocycles. The van der Waals surface area contributed by atoms with Gasteiger partial charge in [0.1, 0.15) is 0 Å². The monoisotopic (exact) mass is 273 g/mol. The molecule has 2 aromatic rings. The molecule has 4 rings (SSSR count). The molecule has 3 N–H and O–H groups in total. The van der Waals surface area contributed by atoms with E-state index in [1.165, 1.54) is 6.20 Å². The summed E-state index contributed by atoms with van der Waals surface area (Å²) in [6.07, 6.45) is 3.50. The van der Waals surface area contributed by atoms with Crippen molar-refractivity contribution in [3.8, 4) is 17.1 Å². The number of H-pyrrole nitrogens is 1. The quantitative estimate of drug-likeness (QED) is 0.677. The Balaban J connectivity index is 2.02. The Morgan fingerprint density at radius 3 is 2.95 bits per heavy atom. The van der Waals surface area contributed by atoms with Crippen molar-refractivity contribution in [1.82, 2.24) is 15.3 Å². The van der Waals surface area contributed by atoms with Gasteiger partial charge in [0.05, 0.1) is 11.3 Å². The van der Waals surface area contributed by atoms with Crippen LogP contribution in [0.15, 0.2) is 6.20 Å². The van der Waals surface area contributed by atoms with Crippen LogP contribution in [0.25, 0.3) is 11.3 Å². The SMILES string of the molecule is O=C1NCCc2[nH]c3c(c21)CCc1cnc(O)c(F)c1-3. The smallest absolute Gasteiger partial charge is 0.253 e. The van der Waals surface area contributed by atoms with Gasteiger partial charge < -0.3 is 15.4 Å². The largest absolute Gasteiger partial charge is 0.491 e. The maximum absolute atomic E-state index is 14.2. The van der Waals surface area contributed by atoms with E-state index in [0.29, 0.717) is 42.6 Å². The average Bonchev–Trinajstić information content (AvgIpc) is 2.82. The summed E-state index contributed by atoms with van der Waals surface area (Å²) >= 11 is 0. The Kier molecular flexibility index (Phi) is 2.19. The molecule has 0 radical (unpaired) electrons. The van der Waals surface area contributed by atoms with E-state index in [4.69, 9.17) is 0 Å². The van der Waals surface area contributed by atoms with Gasteiger partial charge in [-0.15, -0.1) is 0 Å². The summed E-state index contributed by atoms with van der Waals surface area (Å²) < 4.78 is 14.2. The van der Waals surface area contributed by atoms with Crippen LogP contribution >= 0.6 is 0 Å². The van der Waals surface area contributed by atoms with Gasteiger partial charge in [-0.2, -0.15) is 0 Å². The Bertz CT molecular complexity index is 751. The van der Waals surface area contributed by atoms with E-state index >= 15 is 0 Å². The van der Waals surface area contributed by atoms with E-state index in [1.807, 2.05) is 0 Å². The lowest BCUT2D eigenvalue weighted by molar-refractivity contribution is 0.0945. The summed E-state index contributed by atoms with van der Waals surface area (Å²) in [5.41, 5.74) is 4.06. The molecule has 1 amide bonds. The topological polar surface area (TPSA) is 78.0 Å². The highest BCUT2D eigenvalue weighted by Gasteiger charge is 2.31. The summed E-state index contributed by atoms with van der Waals surface area (Å²) in [4.78, 5) is 18.8. The lowest BCUT2D eigenvalue weighted by Gasteiger charge is -2.18. The zero-order valence-electron chi connectivity index (χ0n) is 10.6. The first kappa shape index (κ1) is 11.5. The van der Waals surface area contributed by atoms with E-state index in [-0.39, 0.29) is 5.91 Å². The lowest BCUT2D eigenvalue weighted by Crippen LogP contribution is -2.32. The predicted molar refractivity (Wildman–Crippen MR) is 69.1 cm³/mol. The van der Waals surface area contributed by atoms with Crippen LogP contribution in [0, 0.1) is 5.82 Å². The molecule has 0 unspecified atom stereocenters. The summed E-state index contributed by atoms with van der Waals surface area (Å²) in [7, 11) is 0. The first-order chi connectivity index (χ1) is 9.66. The number of hydrogen-bond donors (Lipinski definition) is 3. The van der Waals surface area contributed by atoms with Gasteiger partial charge in [-0.05, 0) is 24.0 Å². The summed E-state index contributed by atoms with van der Waals surface area (Å²) in [5.74, 6) is -1.43. The zero-order valence-corrected chi connectivity index (χ0v) is 10.6. The molecule has 102 valence electrons. The predicted octanol–water partition coefficient (Wildman–Crippen LogP) is 1.31. The van der Waals surface area contributed by atoms with Gasteiger partial charge in [0, 0.05) is 30.4 Å². The van der Waals surface area contributed by atoms with Crippen LogP contribution in [0.1, 0.15) is 27.2 Å². The maximum atomic E-state index is 14.2. The number of nitrogens with zero attached hydrogens (tertiary/aromatic N) is 1. The summed E-state index contributed by atoms with van der Waals surface area (Å²) in [6, 6.07) is 0. The second kappa shape index (κ2) is 3.82. The minimum atomic E-state index is -0.720. The van der Waals surface area contributed by atoms with Crippen molar-refractivity contribution in [3.63, 3.8) is 0 Å². The molecule has 0 spiro atoms. The number of amides is 1. The van der Waals surface area contributed by atoms with Crippen molar-refractivity contribution < 1.29 is 14.3 Å². The molecule has 1 aliphatic heterocycles. The molecule has 2 aliphatic rings. The number of aromatic hydroxyl groups is 1. The molecule has 20 heavy (non-hydrogen) atoms. The third-order valence-electron chi connectivity index (χ3n) is 4.04. The van der Waals surface area contributed by atoms with Crippen LogP contribution in [0.4, 0.5) is 4.39 Å². The minimum Gasteiger partial charge on any atom is -0.491 e. The molecule has 3 heterocycles. The fraction of sp³-hybridized carbons (Fsp3) is 0.286. The molecule has 0 atom stereocenters. The van der Waals surface area contributed by atoms with Crippen LogP contribution in [0.3, 0.4) is 0 Å². The zero-order chi connectivity index (χ0) is 13.9. The van der Waals surface area contributed by atoms with Gasteiger partial charge >= 0.3 is 0 Å². The molecular formula is C14H12FN3O2. The number of pyridine rings is 1. The van der Waals surface area contributed by atoms with Crippen LogP contribution in [-0.2, 0) is 19.3 Å². The van der Waals surface area contributed by atoms with Gasteiger partial charge in [0.2, 0.25) is 5.88 Å². The molecule has 5 nitrogen and oxygen atoms in total. The van der Waals surface area contributed by atoms with Crippen LogP contribution < -0.4 is 5.32 Å². The number of nitrogens with one attached hydrogen (secondary N) is 2. The lowest BCUT2D eigenvalue weighted by atomic mass is 9.88. The second-order valence-corrected chi connectivity index (χ2v) is 5.13. The van der Waals surface area contributed by atoms with Crippen molar-refractivity contribution in [3.05, 3.63) is 34.4 Å². The number of hydrogen-bond acceptors (Lipinski definition) is 3. The number of fused-ring (bicyclic) bond motifs is 5. The summed E-state index contributed by atoms with van der Waals surface area (Å²) in [5, 5.41) is 12.3. The van der Waals surface area contributed by atoms with Crippen molar-refractivity contribution in [2.24, 2.45) is 0 Å². The van der Waals surface area contributed by atoms with Crippen molar-refractivity contribution in [1.29, 1.82) is 0 Å². The molecule has 0 saturated carbocycles. The number of aromatic amines is 1. The Labute approximate surface area is 113 Å². The van der Waals surface area contributed by atoms with Gasteiger partial charge in [-0.3, -0.25) is 4.79 Å². The first-order valence-corrected chi connectivity index (χ1v) is 6.55. The van der Waals surface area contributed by atoms with E-state index in [9.17, 15) is 14.3 Å². The Morgan fingerprint density at radius 1 is 1.25 bits per heavy atom. The molecule has 1 aliphatic carbocycles. The second-order valence-electron chi connectivity index (χ2n) is 5.13. The fourth-order valence-electron chi connectivity index (χ4n) is 3.14. The van der Waals surface area contributed by atoms with E-state index in [2.05, 4.69) is 15.3 Å². The van der Waals surface area contributed by atoms with Gasteiger partial charge in [0.25, 0.3) is 5.91 Å². The molecule has 0 aromatic carbocycles. The summed E-state index contributed by atoms with van der Waals surface area (Å²) in [6.45, 7) is 0.585. The molecule has 2 aromatic heterocycles. The van der Waals surface area contributed by atoms with Gasteiger partial charge in [-0.1, -0.05) is 0 Å². The molecule has 0 bridgehead atoms. The first-order valence-electron chi connectivity index (χ1n) is 6.55. The number of aromatic nitrogens is 2. The number of aryl methyl sites for hydroxylation is 1. The van der Waals surface area contributed by atoms with Gasteiger partial charge in [0.15, 0.2) is 5.82 Å². The number of carbonyl (C=O) groups is 1. The Morgan fingerprint density at radius 2 is 2.10 bits per heavy atom. The van der Waals surface area contributed by atoms with Crippen LogP contribution in [0.2, 0.25) is 0 Å². The third kappa shape index (κ3) is 1.36. The number of carbonyl (C=O) groups excluding carboxylic acids is 1. The highest BCUT2D eigenvalue weighted by Crippen LogP contribution is 2.39. The normalized spacial score (nSPS) is 16.1. The van der Waals surface area contributed by atoms with Crippen molar-refractivity contribution in [2.75, 3.05) is 6.54 Å². The minimum absolute atomic E-state index is 0.106. The fourth-order valence-corrected chi connectivity index (χ4v) is 3.14. The molecule has 0 fully saturated rings. The van der Waals surface area contributed by atoms with Crippen LogP contribution in [0.5, 0.6) is 5.88 Å². The highest BCUT2D eigenvalue weighted by molar-refractivity contribution is 6.00. The molecule has 6 heteroatoms. The highest BCUT2D eigenvalue weighted by atomic mass is 19.1. The van der Waals surface area contributed by atoms with Gasteiger partial charge in [-0.25, -0.2) is 9.37 Å². The van der Waals surface area contributed by atoms with E-state index in [1.54, 1.807) is 0 Å². The standard InChI is InChI=1S/C14H12FN3O2/c15-11-9-6(5-17-14(11)20)1-2-7-10-8(18-12(7)9)3-4-16-13(10)19/h5,18H,1-4H2,(H,16,19)(H,17,20). The van der Waals surface area contributed by atoms with E-state index < -0.39 is 11.7 Å². The van der Waals surface area contributed by atoms with E-state index in [0.717, 1.165) is 16.8 Å².